The van der Waals surface area contributed by atoms with Gasteiger partial charge in [-0.3, -0.25) is 9.59 Å². The molecule has 0 atom stereocenters. The lowest BCUT2D eigenvalue weighted by molar-refractivity contribution is 0.0692. The first-order valence-corrected chi connectivity index (χ1v) is 11.6. The molecule has 2 aromatic heterocycles. The number of piperazine rings is 1. The molecule has 30 heavy (non-hydrogen) atoms. The van der Waals surface area contributed by atoms with E-state index in [0.717, 1.165) is 11.7 Å². The number of aromatic amines is 1. The number of H-pyrrole nitrogens is 1. The Labute approximate surface area is 178 Å². The van der Waals surface area contributed by atoms with E-state index in [-0.39, 0.29) is 42.8 Å². The summed E-state index contributed by atoms with van der Waals surface area (Å²) in [5, 5.41) is 0. The Bertz CT molecular complexity index is 1250. The smallest absolute Gasteiger partial charge is 0.270 e. The molecule has 0 aliphatic carbocycles. The van der Waals surface area contributed by atoms with Gasteiger partial charge in [0.15, 0.2) is 5.78 Å². The number of aryl methyl sites for hydroxylation is 1. The number of hydrogen-bond donors (Lipinski definition) is 1. The molecule has 1 saturated heterocycles. The summed E-state index contributed by atoms with van der Waals surface area (Å²) in [5.74, 6) is -0.326. The summed E-state index contributed by atoms with van der Waals surface area (Å²) in [6, 6.07) is 4.91. The van der Waals surface area contributed by atoms with E-state index in [2.05, 4.69) is 13.7 Å². The molecule has 11 heteroatoms. The number of carbonyl (C=O) groups excluding carboxylic acids is 2. The van der Waals surface area contributed by atoms with Gasteiger partial charge in [0.05, 0.1) is 11.7 Å². The fourth-order valence-corrected chi connectivity index (χ4v) is 6.08. The molecular weight excluding hydrogens is 426 g/mol. The Kier molecular flexibility index (Phi) is 5.20. The predicted octanol–water partition coefficient (Wildman–Crippen LogP) is 1.99. The van der Waals surface area contributed by atoms with Crippen LogP contribution in [-0.2, 0) is 10.0 Å². The normalized spacial score (nSPS) is 15.6. The van der Waals surface area contributed by atoms with Crippen molar-refractivity contribution in [3.8, 4) is 0 Å². The van der Waals surface area contributed by atoms with E-state index < -0.39 is 10.0 Å². The second-order valence-corrected chi connectivity index (χ2v) is 9.70. The molecule has 3 aromatic rings. The SMILES string of the molecule is CC(=O)c1c(C)[nH]c(C(=O)N2CCN(S(=O)(=O)c3cccc4nsnc34)CC2)c1C. The molecule has 1 fully saturated rings. The van der Waals surface area contributed by atoms with E-state index in [0.29, 0.717) is 33.5 Å². The van der Waals surface area contributed by atoms with Crippen LogP contribution in [0.4, 0.5) is 0 Å². The van der Waals surface area contributed by atoms with Crippen molar-refractivity contribution in [3.05, 3.63) is 40.7 Å². The van der Waals surface area contributed by atoms with Crippen LogP contribution in [0.2, 0.25) is 0 Å². The number of carbonyl (C=O) groups is 2. The van der Waals surface area contributed by atoms with Crippen LogP contribution < -0.4 is 0 Å². The zero-order valence-corrected chi connectivity index (χ0v) is 18.4. The molecule has 0 spiro atoms. The van der Waals surface area contributed by atoms with Crippen LogP contribution in [0, 0.1) is 13.8 Å². The second kappa shape index (κ2) is 7.56. The van der Waals surface area contributed by atoms with Crippen LogP contribution in [0.15, 0.2) is 23.1 Å². The van der Waals surface area contributed by atoms with Crippen molar-refractivity contribution in [2.75, 3.05) is 26.2 Å². The van der Waals surface area contributed by atoms with Crippen LogP contribution in [0.25, 0.3) is 11.0 Å². The summed E-state index contributed by atoms with van der Waals surface area (Å²) in [5.41, 5.74) is 3.12. The van der Waals surface area contributed by atoms with Crippen molar-refractivity contribution in [2.45, 2.75) is 25.7 Å². The van der Waals surface area contributed by atoms with Gasteiger partial charge in [-0.2, -0.15) is 13.1 Å². The van der Waals surface area contributed by atoms with Gasteiger partial charge in [-0.05, 0) is 38.5 Å². The minimum Gasteiger partial charge on any atom is -0.354 e. The number of hydrogen-bond acceptors (Lipinski definition) is 7. The van der Waals surface area contributed by atoms with Gasteiger partial charge < -0.3 is 9.88 Å². The zero-order chi connectivity index (χ0) is 21.6. The molecule has 3 heterocycles. The lowest BCUT2D eigenvalue weighted by Crippen LogP contribution is -2.50. The standard InChI is InChI=1S/C19H21N5O4S2/c1-11-16(13(3)25)12(2)20-17(11)19(26)23-7-9-24(10-8-23)30(27,28)15-6-4-5-14-18(15)22-29-21-14/h4-6,20H,7-10H2,1-3H3. The van der Waals surface area contributed by atoms with Crippen LogP contribution in [-0.4, -0.2) is 69.2 Å². The van der Waals surface area contributed by atoms with Crippen LogP contribution in [0.5, 0.6) is 0 Å². The van der Waals surface area contributed by atoms with Gasteiger partial charge in [-0.15, -0.1) is 0 Å². The summed E-state index contributed by atoms with van der Waals surface area (Å²) in [4.78, 5) is 29.6. The van der Waals surface area contributed by atoms with Crippen LogP contribution in [0.3, 0.4) is 0 Å². The molecule has 4 rings (SSSR count). The lowest BCUT2D eigenvalue weighted by atomic mass is 10.1. The van der Waals surface area contributed by atoms with Gasteiger partial charge in [0.2, 0.25) is 10.0 Å². The fourth-order valence-electron chi connectivity index (χ4n) is 3.91. The van der Waals surface area contributed by atoms with E-state index in [1.165, 1.54) is 17.3 Å². The quantitative estimate of drug-likeness (QED) is 0.612. The lowest BCUT2D eigenvalue weighted by Gasteiger charge is -2.34. The number of benzene rings is 1. The van der Waals surface area contributed by atoms with E-state index in [9.17, 15) is 18.0 Å². The van der Waals surface area contributed by atoms with Gasteiger partial charge in [0.25, 0.3) is 5.91 Å². The maximum Gasteiger partial charge on any atom is 0.270 e. The highest BCUT2D eigenvalue weighted by Crippen LogP contribution is 2.26. The minimum absolute atomic E-state index is 0.0954. The van der Waals surface area contributed by atoms with Crippen molar-refractivity contribution in [1.82, 2.24) is 22.9 Å². The third-order valence-electron chi connectivity index (χ3n) is 5.40. The maximum absolute atomic E-state index is 13.1. The van der Waals surface area contributed by atoms with Gasteiger partial charge in [-0.1, -0.05) is 6.07 Å². The molecule has 158 valence electrons. The summed E-state index contributed by atoms with van der Waals surface area (Å²) >= 11 is 0.975. The van der Waals surface area contributed by atoms with Gasteiger partial charge in [-0.25, -0.2) is 8.42 Å². The minimum atomic E-state index is -3.75. The summed E-state index contributed by atoms with van der Waals surface area (Å²) in [7, 11) is -3.75. The highest BCUT2D eigenvalue weighted by molar-refractivity contribution is 7.89. The van der Waals surface area contributed by atoms with E-state index in [4.69, 9.17) is 0 Å². The highest BCUT2D eigenvalue weighted by Gasteiger charge is 2.33. The average molecular weight is 448 g/mol. The number of rotatable bonds is 4. The fraction of sp³-hybridized carbons (Fsp3) is 0.368. The summed E-state index contributed by atoms with van der Waals surface area (Å²) in [6.07, 6.45) is 0. The molecule has 1 N–H and O–H groups in total. The number of amides is 1. The molecule has 1 aromatic carbocycles. The molecule has 0 unspecified atom stereocenters. The first-order valence-electron chi connectivity index (χ1n) is 9.42. The molecule has 1 amide bonds. The molecule has 1 aliphatic rings. The topological polar surface area (TPSA) is 116 Å². The zero-order valence-electron chi connectivity index (χ0n) is 16.8. The first kappa shape index (κ1) is 20.6. The van der Waals surface area contributed by atoms with Gasteiger partial charge >= 0.3 is 0 Å². The molecule has 0 bridgehead atoms. The Morgan fingerprint density at radius 1 is 1.10 bits per heavy atom. The molecule has 9 nitrogen and oxygen atoms in total. The van der Waals surface area contributed by atoms with Crippen LogP contribution in [0.1, 0.15) is 39.0 Å². The van der Waals surface area contributed by atoms with E-state index in [1.54, 1.807) is 30.9 Å². The second-order valence-electron chi connectivity index (χ2n) is 7.27. The largest absolute Gasteiger partial charge is 0.354 e. The van der Waals surface area contributed by atoms with Crippen molar-refractivity contribution >= 4 is 44.5 Å². The third-order valence-corrected chi connectivity index (χ3v) is 7.87. The Morgan fingerprint density at radius 2 is 1.80 bits per heavy atom. The Morgan fingerprint density at radius 3 is 2.43 bits per heavy atom. The number of aromatic nitrogens is 3. The van der Waals surface area contributed by atoms with E-state index >= 15 is 0 Å². The number of sulfonamides is 1. The summed E-state index contributed by atoms with van der Waals surface area (Å²) < 4.78 is 35.9. The van der Waals surface area contributed by atoms with Crippen molar-refractivity contribution in [3.63, 3.8) is 0 Å². The molecule has 0 radical (unpaired) electrons. The number of nitrogens with one attached hydrogen (secondary N) is 1. The average Bonchev–Trinajstić information content (AvgIpc) is 3.31. The first-order chi connectivity index (χ1) is 14.2. The Hall–Kier alpha value is -2.63. The van der Waals surface area contributed by atoms with Crippen molar-refractivity contribution in [1.29, 1.82) is 0 Å². The summed E-state index contributed by atoms with van der Waals surface area (Å²) in [6.45, 7) is 5.86. The van der Waals surface area contributed by atoms with Crippen LogP contribution >= 0.6 is 11.7 Å². The number of nitrogens with zero attached hydrogens (tertiary/aromatic N) is 4. The highest BCUT2D eigenvalue weighted by atomic mass is 32.2. The molecule has 0 saturated carbocycles. The number of Topliss-reactive ketones (excluding diaryl/α,β-unsaturated/α-hetero) is 1. The molecule has 1 aliphatic heterocycles. The maximum atomic E-state index is 13.1. The number of fused-ring (bicyclic) bond motifs is 1. The van der Waals surface area contributed by atoms with E-state index in [1.807, 2.05) is 0 Å². The van der Waals surface area contributed by atoms with Gasteiger partial charge in [0.1, 0.15) is 21.6 Å². The predicted molar refractivity (Wildman–Crippen MR) is 112 cm³/mol. The van der Waals surface area contributed by atoms with Crippen molar-refractivity contribution < 1.29 is 18.0 Å². The van der Waals surface area contributed by atoms with Crippen molar-refractivity contribution in [2.24, 2.45) is 0 Å². The van der Waals surface area contributed by atoms with Gasteiger partial charge in [0, 0.05) is 37.4 Å². The molecular formula is C19H21N5O4S2. The number of ketones is 1. The Balaban J connectivity index is 1.53. The monoisotopic (exact) mass is 447 g/mol. The third kappa shape index (κ3) is 3.32.